The van der Waals surface area contributed by atoms with Crippen molar-refractivity contribution in [1.82, 2.24) is 10.6 Å². The Morgan fingerprint density at radius 2 is 1.48 bits per heavy atom. The van der Waals surface area contributed by atoms with Crippen LogP contribution >= 0.6 is 0 Å². The van der Waals surface area contributed by atoms with Crippen molar-refractivity contribution in [2.45, 2.75) is 92.6 Å². The molecule has 0 aliphatic rings. The number of amides is 2. The van der Waals surface area contributed by atoms with Gasteiger partial charge in [0.2, 0.25) is 11.8 Å². The van der Waals surface area contributed by atoms with E-state index in [4.69, 9.17) is 14.2 Å². The number of carbonyl (C=O) groups excluding carboxylic acids is 3. The summed E-state index contributed by atoms with van der Waals surface area (Å²) in [7, 11) is 0. The SMILES string of the molecule is CCNC(=O)[C@@H](NC(=O)[C@H](Cc1ccc2ccccc2c1)[C@H](OCCOC(C)C)C(=O)OC(C)(C)C)C(C)(C)C. The molecule has 3 atom stereocenters. The van der Waals surface area contributed by atoms with Crippen LogP contribution in [-0.2, 0) is 35.0 Å². The van der Waals surface area contributed by atoms with E-state index in [-0.39, 0.29) is 31.6 Å². The number of rotatable bonds is 13. The van der Waals surface area contributed by atoms with E-state index in [1.165, 1.54) is 0 Å². The van der Waals surface area contributed by atoms with E-state index in [0.29, 0.717) is 6.54 Å². The Morgan fingerprint density at radius 1 is 0.850 bits per heavy atom. The number of fused-ring (bicyclic) bond motifs is 1. The van der Waals surface area contributed by atoms with Crippen molar-refractivity contribution in [1.29, 1.82) is 0 Å². The van der Waals surface area contributed by atoms with Crippen molar-refractivity contribution in [3.8, 4) is 0 Å². The standard InChI is InChI=1S/C32H48N2O6/c1-10-33-29(36)27(31(4,5)6)34-28(35)25(20-22-15-16-23-13-11-12-14-24(23)19-22)26(30(37)40-32(7,8)9)39-18-17-38-21(2)3/h11-16,19,21,25-27H,10,17-18,20H2,1-9H3,(H,33,36)(H,34,35)/t25-,26+,27-/m1/s1. The maximum Gasteiger partial charge on any atom is 0.336 e. The number of hydrogen-bond acceptors (Lipinski definition) is 6. The molecule has 2 N–H and O–H groups in total. The average Bonchev–Trinajstić information content (AvgIpc) is 2.84. The number of likely N-dealkylation sites (N-methyl/N-ethyl adjacent to an activating group) is 1. The predicted molar refractivity (Wildman–Crippen MR) is 158 cm³/mol. The van der Waals surface area contributed by atoms with E-state index >= 15 is 0 Å². The fraction of sp³-hybridized carbons (Fsp3) is 0.594. The van der Waals surface area contributed by atoms with Gasteiger partial charge in [0.1, 0.15) is 11.6 Å². The Kier molecular flexibility index (Phi) is 12.1. The molecule has 222 valence electrons. The average molecular weight is 557 g/mol. The van der Waals surface area contributed by atoms with Crippen LogP contribution in [0.1, 0.15) is 67.9 Å². The van der Waals surface area contributed by atoms with Crippen LogP contribution < -0.4 is 10.6 Å². The normalized spacial score (nSPS) is 14.4. The van der Waals surface area contributed by atoms with Gasteiger partial charge in [-0.25, -0.2) is 4.79 Å². The zero-order chi connectivity index (χ0) is 30.1. The van der Waals surface area contributed by atoms with Crippen LogP contribution in [0.4, 0.5) is 0 Å². The summed E-state index contributed by atoms with van der Waals surface area (Å²) in [4.78, 5) is 40.5. The van der Waals surface area contributed by atoms with Crippen LogP contribution in [0.15, 0.2) is 42.5 Å². The molecule has 0 radical (unpaired) electrons. The Bertz CT molecular complexity index is 1130. The summed E-state index contributed by atoms with van der Waals surface area (Å²) in [5.74, 6) is -2.34. The van der Waals surface area contributed by atoms with Gasteiger partial charge in [0.05, 0.1) is 25.2 Å². The number of ether oxygens (including phenoxy) is 3. The van der Waals surface area contributed by atoms with Crippen LogP contribution in [0.3, 0.4) is 0 Å². The molecule has 0 spiro atoms. The summed E-state index contributed by atoms with van der Waals surface area (Å²) >= 11 is 0. The third-order valence-corrected chi connectivity index (χ3v) is 6.21. The molecule has 8 nitrogen and oxygen atoms in total. The summed E-state index contributed by atoms with van der Waals surface area (Å²) in [5.41, 5.74) is -0.498. The molecular weight excluding hydrogens is 508 g/mol. The number of carbonyl (C=O) groups is 3. The van der Waals surface area contributed by atoms with Crippen molar-refractivity contribution >= 4 is 28.6 Å². The van der Waals surface area contributed by atoms with Gasteiger partial charge in [0.15, 0.2) is 6.10 Å². The molecule has 2 amide bonds. The molecule has 8 heteroatoms. The highest BCUT2D eigenvalue weighted by Gasteiger charge is 2.41. The van der Waals surface area contributed by atoms with Gasteiger partial charge in [-0.3, -0.25) is 9.59 Å². The molecule has 0 fully saturated rings. The number of hydrogen-bond donors (Lipinski definition) is 2. The molecule has 40 heavy (non-hydrogen) atoms. The number of benzene rings is 2. The second kappa shape index (κ2) is 14.6. The molecule has 0 aliphatic heterocycles. The molecule has 0 heterocycles. The lowest BCUT2D eigenvalue weighted by Gasteiger charge is -2.33. The number of esters is 1. The smallest absolute Gasteiger partial charge is 0.336 e. The minimum absolute atomic E-state index is 0.00936. The van der Waals surface area contributed by atoms with Crippen molar-refractivity contribution < 1.29 is 28.6 Å². The zero-order valence-corrected chi connectivity index (χ0v) is 25.6. The molecule has 0 saturated heterocycles. The summed E-state index contributed by atoms with van der Waals surface area (Å²) in [6.45, 7) is 17.4. The largest absolute Gasteiger partial charge is 0.458 e. The predicted octanol–water partition coefficient (Wildman–Crippen LogP) is 4.82. The second-order valence-electron chi connectivity index (χ2n) is 12.4. The van der Waals surface area contributed by atoms with Gasteiger partial charge in [-0.2, -0.15) is 0 Å². The van der Waals surface area contributed by atoms with Crippen molar-refractivity contribution in [2.75, 3.05) is 19.8 Å². The minimum Gasteiger partial charge on any atom is -0.458 e. The maximum atomic E-state index is 14.0. The summed E-state index contributed by atoms with van der Waals surface area (Å²) < 4.78 is 17.4. The van der Waals surface area contributed by atoms with E-state index in [9.17, 15) is 14.4 Å². The topological polar surface area (TPSA) is 103 Å². The third-order valence-electron chi connectivity index (χ3n) is 6.21. The molecular formula is C32H48N2O6. The van der Waals surface area contributed by atoms with E-state index in [0.717, 1.165) is 16.3 Å². The molecule has 0 bridgehead atoms. The lowest BCUT2D eigenvalue weighted by molar-refractivity contribution is -0.176. The van der Waals surface area contributed by atoms with Crippen molar-refractivity contribution in [2.24, 2.45) is 11.3 Å². The van der Waals surface area contributed by atoms with Gasteiger partial charge in [0.25, 0.3) is 0 Å². The van der Waals surface area contributed by atoms with Gasteiger partial charge in [0, 0.05) is 6.54 Å². The molecule has 0 unspecified atom stereocenters. The molecule has 2 aromatic carbocycles. The Labute approximate surface area is 239 Å². The van der Waals surface area contributed by atoms with Crippen LogP contribution in [0.25, 0.3) is 10.8 Å². The van der Waals surface area contributed by atoms with Crippen molar-refractivity contribution in [3.63, 3.8) is 0 Å². The molecule has 2 rings (SSSR count). The first kappa shape index (κ1) is 33.2. The Morgan fingerprint density at radius 3 is 2.05 bits per heavy atom. The van der Waals surface area contributed by atoms with Crippen LogP contribution in [0.2, 0.25) is 0 Å². The van der Waals surface area contributed by atoms with Gasteiger partial charge < -0.3 is 24.8 Å². The zero-order valence-electron chi connectivity index (χ0n) is 25.6. The van der Waals surface area contributed by atoms with E-state index < -0.39 is 41.0 Å². The first-order valence-corrected chi connectivity index (χ1v) is 14.1. The summed E-state index contributed by atoms with van der Waals surface area (Å²) in [6.07, 6.45) is -1.01. The van der Waals surface area contributed by atoms with Gasteiger partial charge in [-0.05, 0) is 69.7 Å². The quantitative estimate of drug-likeness (QED) is 0.271. The van der Waals surface area contributed by atoms with E-state index in [2.05, 4.69) is 10.6 Å². The minimum atomic E-state index is -1.21. The first-order chi connectivity index (χ1) is 18.6. The van der Waals surface area contributed by atoms with Crippen LogP contribution in [0.5, 0.6) is 0 Å². The first-order valence-electron chi connectivity index (χ1n) is 14.1. The monoisotopic (exact) mass is 556 g/mol. The lowest BCUT2D eigenvalue weighted by atomic mass is 9.84. The van der Waals surface area contributed by atoms with Gasteiger partial charge in [-0.1, -0.05) is 63.2 Å². The van der Waals surface area contributed by atoms with Gasteiger partial charge >= 0.3 is 5.97 Å². The summed E-state index contributed by atoms with van der Waals surface area (Å²) in [5, 5.41) is 7.84. The Balaban J connectivity index is 2.50. The highest BCUT2D eigenvalue weighted by Crippen LogP contribution is 2.25. The van der Waals surface area contributed by atoms with E-state index in [1.807, 2.05) is 84.0 Å². The second-order valence-corrected chi connectivity index (χ2v) is 12.4. The molecule has 0 saturated carbocycles. The summed E-state index contributed by atoms with van der Waals surface area (Å²) in [6, 6.07) is 13.1. The molecule has 0 aliphatic carbocycles. The Hall–Kier alpha value is -2.97. The van der Waals surface area contributed by atoms with Gasteiger partial charge in [-0.15, -0.1) is 0 Å². The fourth-order valence-corrected chi connectivity index (χ4v) is 4.33. The highest BCUT2D eigenvalue weighted by molar-refractivity contribution is 5.92. The molecule has 2 aromatic rings. The fourth-order valence-electron chi connectivity index (χ4n) is 4.33. The van der Waals surface area contributed by atoms with Crippen LogP contribution in [0, 0.1) is 11.3 Å². The molecule has 0 aromatic heterocycles. The van der Waals surface area contributed by atoms with Crippen molar-refractivity contribution in [3.05, 3.63) is 48.0 Å². The lowest BCUT2D eigenvalue weighted by Crippen LogP contribution is -2.57. The third kappa shape index (κ3) is 10.5. The highest BCUT2D eigenvalue weighted by atomic mass is 16.6. The maximum absolute atomic E-state index is 14.0. The number of nitrogens with one attached hydrogen (secondary N) is 2. The van der Waals surface area contributed by atoms with E-state index in [1.54, 1.807) is 20.8 Å². The van der Waals surface area contributed by atoms with Crippen LogP contribution in [-0.4, -0.2) is 61.4 Å².